The van der Waals surface area contributed by atoms with Crippen LogP contribution in [0.4, 0.5) is 0 Å². The van der Waals surface area contributed by atoms with Crippen LogP contribution >= 0.6 is 0 Å². The number of benzene rings is 2. The van der Waals surface area contributed by atoms with E-state index in [9.17, 15) is 10.2 Å². The molecule has 0 aromatic heterocycles. The van der Waals surface area contributed by atoms with Crippen molar-refractivity contribution in [3.63, 3.8) is 0 Å². The van der Waals surface area contributed by atoms with Crippen LogP contribution in [0.1, 0.15) is 11.1 Å². The van der Waals surface area contributed by atoms with Gasteiger partial charge in [-0.3, -0.25) is 0 Å². The van der Waals surface area contributed by atoms with Gasteiger partial charge in [-0.15, -0.1) is 13.2 Å². The van der Waals surface area contributed by atoms with E-state index in [1.165, 1.54) is 7.11 Å². The lowest BCUT2D eigenvalue weighted by Gasteiger charge is -2.18. The molecule has 2 aromatic rings. The lowest BCUT2D eigenvalue weighted by molar-refractivity contribution is 0.370. The minimum Gasteiger partial charge on any atom is -0.507 e. The Morgan fingerprint density at radius 3 is 2.32 bits per heavy atom. The minimum absolute atomic E-state index is 0.0219. The smallest absolute Gasteiger partial charge is 0.166 e. The summed E-state index contributed by atoms with van der Waals surface area (Å²) in [6.07, 6.45) is 4.79. The number of phenols is 2. The summed E-state index contributed by atoms with van der Waals surface area (Å²) in [4.78, 5) is 0. The van der Waals surface area contributed by atoms with E-state index in [2.05, 4.69) is 13.2 Å². The highest BCUT2D eigenvalue weighted by molar-refractivity contribution is 5.79. The molecule has 0 radical (unpaired) electrons. The van der Waals surface area contributed by atoms with Crippen LogP contribution in [0.5, 0.6) is 17.2 Å². The van der Waals surface area contributed by atoms with Crippen molar-refractivity contribution in [2.45, 2.75) is 12.8 Å². The van der Waals surface area contributed by atoms with Crippen molar-refractivity contribution < 1.29 is 14.9 Å². The Morgan fingerprint density at radius 1 is 1.05 bits per heavy atom. The van der Waals surface area contributed by atoms with E-state index < -0.39 is 0 Å². The van der Waals surface area contributed by atoms with Crippen molar-refractivity contribution in [1.29, 1.82) is 0 Å². The van der Waals surface area contributed by atoms with E-state index in [1.54, 1.807) is 30.4 Å². The molecule has 2 aromatic carbocycles. The van der Waals surface area contributed by atoms with Gasteiger partial charge in [0.15, 0.2) is 11.5 Å². The van der Waals surface area contributed by atoms with Gasteiger partial charge in [0.25, 0.3) is 0 Å². The molecule has 3 heteroatoms. The van der Waals surface area contributed by atoms with E-state index >= 15 is 0 Å². The molecule has 0 spiro atoms. The normalized spacial score (nSPS) is 10.2. The van der Waals surface area contributed by atoms with Gasteiger partial charge in [0.1, 0.15) is 5.75 Å². The molecular formula is C19H20O3. The summed E-state index contributed by atoms with van der Waals surface area (Å²) in [5.41, 5.74) is 2.98. The highest BCUT2D eigenvalue weighted by Crippen LogP contribution is 2.44. The maximum absolute atomic E-state index is 10.6. The lowest BCUT2D eigenvalue weighted by Crippen LogP contribution is -1.99. The van der Waals surface area contributed by atoms with E-state index in [4.69, 9.17) is 4.74 Å². The molecule has 0 fully saturated rings. The Kier molecular flexibility index (Phi) is 4.89. The highest BCUT2D eigenvalue weighted by Gasteiger charge is 2.19. The Morgan fingerprint density at radius 2 is 1.73 bits per heavy atom. The fourth-order valence-electron chi connectivity index (χ4n) is 2.57. The molecule has 2 rings (SSSR count). The Bertz CT molecular complexity index is 702. The number of aromatic hydroxyl groups is 2. The Balaban J connectivity index is 2.75. The highest BCUT2D eigenvalue weighted by atomic mass is 16.5. The van der Waals surface area contributed by atoms with E-state index in [0.29, 0.717) is 29.7 Å². The van der Waals surface area contributed by atoms with Gasteiger partial charge >= 0.3 is 0 Å². The quantitative estimate of drug-likeness (QED) is 0.784. The maximum atomic E-state index is 10.6. The number of hydrogen-bond donors (Lipinski definition) is 2. The second-order valence-electron chi connectivity index (χ2n) is 4.95. The van der Waals surface area contributed by atoms with Crippen LogP contribution in [0, 0.1) is 0 Å². The summed E-state index contributed by atoms with van der Waals surface area (Å²) in [6, 6.07) is 8.77. The second kappa shape index (κ2) is 6.85. The van der Waals surface area contributed by atoms with Gasteiger partial charge in [0.05, 0.1) is 7.11 Å². The summed E-state index contributed by atoms with van der Waals surface area (Å²) < 4.78 is 5.40. The topological polar surface area (TPSA) is 49.7 Å². The molecule has 0 saturated carbocycles. The largest absolute Gasteiger partial charge is 0.507 e. The number of methoxy groups -OCH3 is 1. The fourth-order valence-corrected chi connectivity index (χ4v) is 2.57. The average molecular weight is 296 g/mol. The number of allylic oxidation sites excluding steroid dienone is 2. The number of rotatable bonds is 6. The zero-order valence-corrected chi connectivity index (χ0v) is 12.7. The molecule has 2 N–H and O–H groups in total. The van der Waals surface area contributed by atoms with Gasteiger partial charge < -0.3 is 14.9 Å². The van der Waals surface area contributed by atoms with Crippen LogP contribution in [-0.4, -0.2) is 17.3 Å². The monoisotopic (exact) mass is 296 g/mol. The van der Waals surface area contributed by atoms with Crippen LogP contribution in [0.2, 0.25) is 0 Å². The molecule has 0 aliphatic rings. The van der Waals surface area contributed by atoms with Crippen molar-refractivity contribution in [3.8, 4) is 28.4 Å². The number of ether oxygens (including phenoxy) is 1. The lowest BCUT2D eigenvalue weighted by atomic mass is 9.93. The first-order chi connectivity index (χ1) is 10.6. The van der Waals surface area contributed by atoms with Crippen LogP contribution in [0.25, 0.3) is 11.1 Å². The van der Waals surface area contributed by atoms with E-state index in [0.717, 1.165) is 11.1 Å². The van der Waals surface area contributed by atoms with Crippen molar-refractivity contribution in [1.82, 2.24) is 0 Å². The van der Waals surface area contributed by atoms with Crippen molar-refractivity contribution >= 4 is 0 Å². The van der Waals surface area contributed by atoms with E-state index in [1.807, 2.05) is 12.1 Å². The molecule has 0 heterocycles. The zero-order chi connectivity index (χ0) is 16.1. The fraction of sp³-hybridized carbons (Fsp3) is 0.158. The molecule has 0 bridgehead atoms. The SMILES string of the molecule is C=CCc1cc(-c2ccccc2O)c(O)c(OC)c1CC=C. The zero-order valence-electron chi connectivity index (χ0n) is 12.7. The molecule has 114 valence electrons. The van der Waals surface area contributed by atoms with Crippen LogP contribution in [0.15, 0.2) is 55.6 Å². The van der Waals surface area contributed by atoms with Gasteiger partial charge in [-0.25, -0.2) is 0 Å². The molecule has 0 saturated heterocycles. The van der Waals surface area contributed by atoms with Crippen LogP contribution < -0.4 is 4.74 Å². The predicted octanol–water partition coefficient (Wildman–Crippen LogP) is 4.23. The summed E-state index contributed by atoms with van der Waals surface area (Å²) in [7, 11) is 1.52. The third kappa shape index (κ3) is 2.84. The Labute approximate surface area is 130 Å². The predicted molar refractivity (Wildman–Crippen MR) is 89.6 cm³/mol. The van der Waals surface area contributed by atoms with Gasteiger partial charge in [-0.2, -0.15) is 0 Å². The molecule has 0 atom stereocenters. The Hall–Kier alpha value is -2.68. The van der Waals surface area contributed by atoms with Crippen molar-refractivity contribution in [2.24, 2.45) is 0 Å². The first-order valence-electron chi connectivity index (χ1n) is 7.05. The molecule has 3 nitrogen and oxygen atoms in total. The first-order valence-corrected chi connectivity index (χ1v) is 7.05. The third-order valence-electron chi connectivity index (χ3n) is 3.56. The molecular weight excluding hydrogens is 276 g/mol. The molecule has 0 unspecified atom stereocenters. The van der Waals surface area contributed by atoms with Crippen molar-refractivity contribution in [2.75, 3.05) is 7.11 Å². The average Bonchev–Trinajstić information content (AvgIpc) is 2.51. The second-order valence-corrected chi connectivity index (χ2v) is 4.95. The summed E-state index contributed by atoms with van der Waals surface area (Å²) in [5.74, 6) is 0.548. The minimum atomic E-state index is 0.0219. The van der Waals surface area contributed by atoms with Crippen LogP contribution in [0.3, 0.4) is 0 Å². The van der Waals surface area contributed by atoms with Gasteiger partial charge in [0, 0.05) is 16.7 Å². The van der Waals surface area contributed by atoms with Gasteiger partial charge in [-0.05, 0) is 30.5 Å². The standard InChI is InChI=1S/C19H20O3/c1-4-8-13-12-16(15-10-6-7-11-17(15)20)18(21)19(22-3)14(13)9-5-2/h4-7,10-12,20-21H,1-2,8-9H2,3H3. The van der Waals surface area contributed by atoms with Gasteiger partial charge in [-0.1, -0.05) is 30.4 Å². The first kappa shape index (κ1) is 15.7. The van der Waals surface area contributed by atoms with Gasteiger partial charge in [0.2, 0.25) is 0 Å². The molecule has 0 aliphatic carbocycles. The number of para-hydroxylation sites is 1. The molecule has 0 aliphatic heterocycles. The number of phenolic OH excluding ortho intramolecular Hbond substituents is 2. The third-order valence-corrected chi connectivity index (χ3v) is 3.56. The summed E-state index contributed by atoms with van der Waals surface area (Å²) in [6.45, 7) is 7.53. The summed E-state index contributed by atoms with van der Waals surface area (Å²) >= 11 is 0. The van der Waals surface area contributed by atoms with E-state index in [-0.39, 0.29) is 11.5 Å². The molecule has 0 amide bonds. The maximum Gasteiger partial charge on any atom is 0.166 e. The number of hydrogen-bond acceptors (Lipinski definition) is 3. The molecule has 22 heavy (non-hydrogen) atoms. The van der Waals surface area contributed by atoms with Crippen LogP contribution in [-0.2, 0) is 12.8 Å². The summed E-state index contributed by atoms with van der Waals surface area (Å²) in [5, 5.41) is 20.6. The van der Waals surface area contributed by atoms with Crippen molar-refractivity contribution in [3.05, 3.63) is 66.8 Å².